The Morgan fingerprint density at radius 3 is 2.33 bits per heavy atom. The molecule has 0 aliphatic heterocycles. The number of nitrogens with two attached hydrogens (primary N) is 1. The van der Waals surface area contributed by atoms with Crippen LogP contribution >= 0.6 is 0 Å². The average molecular weight is 129 g/mol. The lowest BCUT2D eigenvalue weighted by Crippen LogP contribution is -2.49. The zero-order chi connectivity index (χ0) is 7.49. The van der Waals surface area contributed by atoms with Crippen molar-refractivity contribution in [1.29, 1.82) is 0 Å². The number of hydrogen-bond donors (Lipinski definition) is 3. The smallest absolute Gasteiger partial charge is 0.338 e. The molecule has 0 aromatic heterocycles. The molecule has 0 saturated carbocycles. The second kappa shape index (κ2) is 2.49. The Balaban J connectivity index is 4.33. The van der Waals surface area contributed by atoms with Gasteiger partial charge in [-0.1, -0.05) is 5.92 Å². The molecule has 0 aromatic rings. The van der Waals surface area contributed by atoms with Crippen LogP contribution < -0.4 is 5.73 Å². The molecule has 1 atom stereocenters. The summed E-state index contributed by atoms with van der Waals surface area (Å²) in [5, 5.41) is 16.5. The zero-order valence-electron chi connectivity index (χ0n) is 4.66. The van der Waals surface area contributed by atoms with Gasteiger partial charge in [-0.15, -0.1) is 6.42 Å². The monoisotopic (exact) mass is 129 g/mol. The molecular formula is C5H7NO3. The summed E-state index contributed by atoms with van der Waals surface area (Å²) in [5.74, 6) is 0.360. The van der Waals surface area contributed by atoms with Crippen LogP contribution in [0.5, 0.6) is 0 Å². The van der Waals surface area contributed by atoms with Crippen LogP contribution in [0.4, 0.5) is 0 Å². The lowest BCUT2D eigenvalue weighted by atomic mass is 10.1. The van der Waals surface area contributed by atoms with Gasteiger partial charge in [0.05, 0.1) is 6.61 Å². The third-order valence-electron chi connectivity index (χ3n) is 0.889. The summed E-state index contributed by atoms with van der Waals surface area (Å²) in [6, 6.07) is 0. The van der Waals surface area contributed by atoms with E-state index in [1.165, 1.54) is 0 Å². The summed E-state index contributed by atoms with van der Waals surface area (Å²) in [4.78, 5) is 10.1. The number of rotatable bonds is 2. The van der Waals surface area contributed by atoms with E-state index in [4.69, 9.17) is 22.4 Å². The van der Waals surface area contributed by atoms with Gasteiger partial charge in [0.1, 0.15) is 0 Å². The lowest BCUT2D eigenvalue weighted by molar-refractivity contribution is -0.142. The van der Waals surface area contributed by atoms with Crippen LogP contribution in [0.2, 0.25) is 0 Å². The van der Waals surface area contributed by atoms with Gasteiger partial charge in [0.2, 0.25) is 0 Å². The molecule has 0 aliphatic rings. The molecule has 50 valence electrons. The second-order valence-corrected chi connectivity index (χ2v) is 1.58. The van der Waals surface area contributed by atoms with Gasteiger partial charge in [-0.3, -0.25) is 0 Å². The van der Waals surface area contributed by atoms with Gasteiger partial charge in [0.15, 0.2) is 5.54 Å². The van der Waals surface area contributed by atoms with E-state index in [2.05, 4.69) is 0 Å². The van der Waals surface area contributed by atoms with Crippen LogP contribution in [-0.4, -0.2) is 28.3 Å². The van der Waals surface area contributed by atoms with Crippen molar-refractivity contribution in [3.63, 3.8) is 0 Å². The van der Waals surface area contributed by atoms with E-state index in [-0.39, 0.29) is 0 Å². The van der Waals surface area contributed by atoms with Crippen LogP contribution in [0, 0.1) is 12.3 Å². The van der Waals surface area contributed by atoms with E-state index >= 15 is 0 Å². The fourth-order valence-corrected chi connectivity index (χ4v) is 0.175. The predicted molar refractivity (Wildman–Crippen MR) is 30.5 cm³/mol. The number of hydrogen-bond acceptors (Lipinski definition) is 3. The maximum absolute atomic E-state index is 10.1. The van der Waals surface area contributed by atoms with Crippen LogP contribution in [0.15, 0.2) is 0 Å². The molecule has 9 heavy (non-hydrogen) atoms. The highest BCUT2D eigenvalue weighted by Crippen LogP contribution is 1.94. The molecule has 0 rings (SSSR count). The van der Waals surface area contributed by atoms with Crippen molar-refractivity contribution < 1.29 is 15.0 Å². The van der Waals surface area contributed by atoms with Crippen LogP contribution in [0.3, 0.4) is 0 Å². The molecule has 0 heterocycles. The first-order valence-corrected chi connectivity index (χ1v) is 2.17. The van der Waals surface area contributed by atoms with Crippen molar-refractivity contribution in [2.75, 3.05) is 6.61 Å². The number of carboxylic acids is 1. The van der Waals surface area contributed by atoms with Crippen LogP contribution in [0.25, 0.3) is 0 Å². The third-order valence-corrected chi connectivity index (χ3v) is 0.889. The topological polar surface area (TPSA) is 83.5 Å². The Hall–Kier alpha value is -1.05. The van der Waals surface area contributed by atoms with E-state index in [9.17, 15) is 4.79 Å². The molecule has 4 N–H and O–H groups in total. The van der Waals surface area contributed by atoms with Gasteiger partial charge < -0.3 is 15.9 Å². The first kappa shape index (κ1) is 7.95. The summed E-state index contributed by atoms with van der Waals surface area (Å²) < 4.78 is 0. The Morgan fingerprint density at radius 1 is 1.89 bits per heavy atom. The van der Waals surface area contributed by atoms with Gasteiger partial charge in [-0.25, -0.2) is 4.79 Å². The molecule has 0 fully saturated rings. The van der Waals surface area contributed by atoms with Crippen molar-refractivity contribution >= 4 is 5.97 Å². The first-order valence-electron chi connectivity index (χ1n) is 2.17. The molecule has 0 radical (unpaired) electrons. The molecule has 1 unspecified atom stereocenters. The van der Waals surface area contributed by atoms with E-state index in [0.29, 0.717) is 0 Å². The number of carbonyl (C=O) groups is 1. The van der Waals surface area contributed by atoms with Crippen LogP contribution in [0.1, 0.15) is 0 Å². The first-order chi connectivity index (χ1) is 4.06. The number of carboxylic acid groups (broad SMARTS) is 1. The van der Waals surface area contributed by atoms with E-state index in [0.717, 1.165) is 0 Å². The van der Waals surface area contributed by atoms with Gasteiger partial charge in [0.25, 0.3) is 0 Å². The summed E-state index contributed by atoms with van der Waals surface area (Å²) in [6.07, 6.45) is 4.70. The number of aliphatic hydroxyl groups excluding tert-OH is 1. The lowest BCUT2D eigenvalue weighted by Gasteiger charge is -2.12. The van der Waals surface area contributed by atoms with Crippen LogP contribution in [-0.2, 0) is 4.79 Å². The second-order valence-electron chi connectivity index (χ2n) is 1.58. The Bertz CT molecular complexity index is 160. The van der Waals surface area contributed by atoms with E-state index < -0.39 is 18.1 Å². The Kier molecular flexibility index (Phi) is 2.20. The SMILES string of the molecule is C#CC(N)(CO)C(=O)O. The summed E-state index contributed by atoms with van der Waals surface area (Å²) in [7, 11) is 0. The molecule has 0 bridgehead atoms. The van der Waals surface area contributed by atoms with Crippen molar-refractivity contribution in [3.8, 4) is 12.3 Å². The number of aliphatic carboxylic acids is 1. The standard InChI is InChI=1S/C5H7NO3/c1-2-5(6,3-7)4(8)9/h1,7H,3,6H2,(H,8,9). The fraction of sp³-hybridized carbons (Fsp3) is 0.400. The predicted octanol–water partition coefficient (Wildman–Crippen LogP) is -1.61. The molecule has 0 aliphatic carbocycles. The highest BCUT2D eigenvalue weighted by molar-refractivity contribution is 5.82. The molecule has 4 nitrogen and oxygen atoms in total. The molecular weight excluding hydrogens is 122 g/mol. The Morgan fingerprint density at radius 2 is 2.33 bits per heavy atom. The largest absolute Gasteiger partial charge is 0.479 e. The highest BCUT2D eigenvalue weighted by Gasteiger charge is 2.30. The highest BCUT2D eigenvalue weighted by atomic mass is 16.4. The van der Waals surface area contributed by atoms with Crippen molar-refractivity contribution in [2.45, 2.75) is 5.54 Å². The van der Waals surface area contributed by atoms with Gasteiger partial charge in [-0.2, -0.15) is 0 Å². The molecule has 0 spiro atoms. The molecule has 0 aromatic carbocycles. The van der Waals surface area contributed by atoms with Crippen molar-refractivity contribution in [1.82, 2.24) is 0 Å². The quantitative estimate of drug-likeness (QED) is 0.392. The third kappa shape index (κ3) is 1.42. The van der Waals surface area contributed by atoms with E-state index in [1.54, 1.807) is 5.92 Å². The van der Waals surface area contributed by atoms with Gasteiger partial charge in [0, 0.05) is 0 Å². The maximum atomic E-state index is 10.1. The van der Waals surface area contributed by atoms with Gasteiger partial charge >= 0.3 is 5.97 Å². The minimum absolute atomic E-state index is 0.751. The minimum atomic E-state index is -1.92. The summed E-state index contributed by atoms with van der Waals surface area (Å²) in [5.41, 5.74) is 3.04. The normalized spacial score (nSPS) is 15.7. The fourth-order valence-electron chi connectivity index (χ4n) is 0.175. The van der Waals surface area contributed by atoms with Crippen molar-refractivity contribution in [2.24, 2.45) is 5.73 Å². The molecule has 0 saturated heterocycles. The minimum Gasteiger partial charge on any atom is -0.479 e. The van der Waals surface area contributed by atoms with Gasteiger partial charge in [-0.05, 0) is 0 Å². The molecule has 4 heteroatoms. The zero-order valence-corrected chi connectivity index (χ0v) is 4.66. The Labute approximate surface area is 52.3 Å². The number of terminal acetylenes is 1. The van der Waals surface area contributed by atoms with Crippen molar-refractivity contribution in [3.05, 3.63) is 0 Å². The molecule has 0 amide bonds. The average Bonchev–Trinajstić information content (AvgIpc) is 1.86. The maximum Gasteiger partial charge on any atom is 0.338 e. The summed E-state index contributed by atoms with van der Waals surface area (Å²) >= 11 is 0. The number of aliphatic hydroxyl groups is 1. The summed E-state index contributed by atoms with van der Waals surface area (Å²) in [6.45, 7) is -0.751. The van der Waals surface area contributed by atoms with E-state index in [1.807, 2.05) is 0 Å².